The molecule has 1 N–H and O–H groups in total. The molecule has 4 aromatic rings. The summed E-state index contributed by atoms with van der Waals surface area (Å²) in [5.74, 6) is 0.368. The van der Waals surface area contributed by atoms with Crippen molar-refractivity contribution in [3.8, 4) is 16.9 Å². The summed E-state index contributed by atoms with van der Waals surface area (Å²) in [5, 5.41) is 8.39. The Hall–Kier alpha value is -3.59. The fourth-order valence-corrected chi connectivity index (χ4v) is 6.85. The molecule has 3 heterocycles. The fourth-order valence-electron chi connectivity index (χ4n) is 5.45. The van der Waals surface area contributed by atoms with Crippen LogP contribution in [0.2, 0.25) is 5.02 Å². The smallest absolute Gasteiger partial charge is 0.240 e. The molecule has 1 aromatic heterocycles. The second-order valence-electron chi connectivity index (χ2n) is 10.3. The molecule has 1 saturated heterocycles. The van der Waals surface area contributed by atoms with E-state index in [4.69, 9.17) is 21.4 Å². The number of halogens is 1. The van der Waals surface area contributed by atoms with Crippen molar-refractivity contribution in [2.75, 3.05) is 30.3 Å². The predicted molar refractivity (Wildman–Crippen MR) is 164 cm³/mol. The van der Waals surface area contributed by atoms with Gasteiger partial charge in [-0.15, -0.1) is 11.8 Å². The van der Waals surface area contributed by atoms with Crippen molar-refractivity contribution in [2.45, 2.75) is 31.1 Å². The molecule has 7 nitrogen and oxygen atoms in total. The number of anilines is 1. The van der Waals surface area contributed by atoms with Gasteiger partial charge in [-0.1, -0.05) is 83.9 Å². The van der Waals surface area contributed by atoms with Gasteiger partial charge in [0.15, 0.2) is 0 Å². The first-order valence-corrected chi connectivity index (χ1v) is 15.2. The maximum atomic E-state index is 13.9. The molecule has 2 amide bonds. The first-order chi connectivity index (χ1) is 20.0. The number of hydrogen-bond acceptors (Lipinski definition) is 5. The molecule has 3 aromatic carbocycles. The number of thioether (sulfide) groups is 1. The lowest BCUT2D eigenvalue weighted by molar-refractivity contribution is -0.123. The molecule has 2 aliphatic rings. The molecule has 0 aliphatic carbocycles. The highest BCUT2D eigenvalue weighted by Gasteiger charge is 2.38. The first kappa shape index (κ1) is 27.6. The number of hydrogen-bond donors (Lipinski definition) is 1. The zero-order chi connectivity index (χ0) is 28.3. The summed E-state index contributed by atoms with van der Waals surface area (Å²) in [6, 6.07) is 25.7. The van der Waals surface area contributed by atoms with Crippen LogP contribution in [0.3, 0.4) is 0 Å². The number of nitrogens with zero attached hydrogens (tertiary/aromatic N) is 3. The van der Waals surface area contributed by atoms with Gasteiger partial charge in [-0.05, 0) is 37.5 Å². The molecule has 41 heavy (non-hydrogen) atoms. The quantitative estimate of drug-likeness (QED) is 0.289. The molecule has 6 rings (SSSR count). The Morgan fingerprint density at radius 1 is 1.10 bits per heavy atom. The lowest BCUT2D eigenvalue weighted by Crippen LogP contribution is -2.44. The molecular formula is C32H31ClN4O3S. The van der Waals surface area contributed by atoms with Crippen molar-refractivity contribution in [3.63, 3.8) is 0 Å². The van der Waals surface area contributed by atoms with Crippen molar-refractivity contribution in [2.24, 2.45) is 0 Å². The second-order valence-corrected chi connectivity index (χ2v) is 11.8. The number of para-hydroxylation sites is 1. The minimum absolute atomic E-state index is 0.00828. The largest absolute Gasteiger partial charge is 0.376 e. The van der Waals surface area contributed by atoms with E-state index in [1.807, 2.05) is 54.6 Å². The maximum absolute atomic E-state index is 13.9. The molecule has 210 valence electrons. The summed E-state index contributed by atoms with van der Waals surface area (Å²) >= 11 is 8.27. The van der Waals surface area contributed by atoms with Crippen molar-refractivity contribution in [1.29, 1.82) is 0 Å². The fraction of sp³-hybridized carbons (Fsp3) is 0.281. The Labute approximate surface area is 248 Å². The van der Waals surface area contributed by atoms with Crippen LogP contribution >= 0.6 is 23.4 Å². The zero-order valence-corrected chi connectivity index (χ0v) is 24.3. The van der Waals surface area contributed by atoms with E-state index in [1.165, 1.54) is 0 Å². The van der Waals surface area contributed by atoms with Gasteiger partial charge in [-0.25, -0.2) is 4.68 Å². The Morgan fingerprint density at radius 2 is 1.90 bits per heavy atom. The van der Waals surface area contributed by atoms with Crippen molar-refractivity contribution >= 4 is 41.0 Å². The summed E-state index contributed by atoms with van der Waals surface area (Å²) in [6.07, 6.45) is 1.92. The molecule has 9 heteroatoms. The molecular weight excluding hydrogens is 556 g/mol. The highest BCUT2D eigenvalue weighted by atomic mass is 35.5. The molecule has 0 bridgehead atoms. The van der Waals surface area contributed by atoms with Gasteiger partial charge >= 0.3 is 0 Å². The lowest BCUT2D eigenvalue weighted by Gasteiger charge is -2.24. The molecule has 1 fully saturated rings. The van der Waals surface area contributed by atoms with Crippen LogP contribution in [0.5, 0.6) is 0 Å². The van der Waals surface area contributed by atoms with Crippen molar-refractivity contribution < 1.29 is 14.3 Å². The second kappa shape index (κ2) is 12.1. The van der Waals surface area contributed by atoms with Crippen LogP contribution in [0.25, 0.3) is 16.9 Å². The van der Waals surface area contributed by atoms with Gasteiger partial charge in [-0.2, -0.15) is 5.10 Å². The number of aromatic nitrogens is 2. The third kappa shape index (κ3) is 5.77. The molecule has 2 aliphatic heterocycles. The minimum Gasteiger partial charge on any atom is -0.376 e. The predicted octanol–water partition coefficient (Wildman–Crippen LogP) is 5.97. The molecule has 0 saturated carbocycles. The summed E-state index contributed by atoms with van der Waals surface area (Å²) in [6.45, 7) is 3.07. The van der Waals surface area contributed by atoms with Crippen LogP contribution in [-0.2, 0) is 14.3 Å². The van der Waals surface area contributed by atoms with Crippen LogP contribution in [0.15, 0.2) is 78.9 Å². The summed E-state index contributed by atoms with van der Waals surface area (Å²) in [4.78, 5) is 28.7. The van der Waals surface area contributed by atoms with Gasteiger partial charge in [0.25, 0.3) is 0 Å². The third-order valence-corrected chi connectivity index (χ3v) is 8.99. The topological polar surface area (TPSA) is 76.5 Å². The average molecular weight is 587 g/mol. The number of aryl methyl sites for hydroxylation is 1. The van der Waals surface area contributed by atoms with Gasteiger partial charge in [0.2, 0.25) is 11.8 Å². The van der Waals surface area contributed by atoms with E-state index in [0.29, 0.717) is 29.7 Å². The number of benzene rings is 3. The zero-order valence-electron chi connectivity index (χ0n) is 22.8. The standard InChI is InChI=1S/C32H31ClN4O3S/c1-21-9-7-12-23(17-21)31-29-30(22-10-3-2-4-11-22)35-37(26-15-6-5-14-25(26)33)32(29)36(28(39)20-41-31)19-27(38)34-18-24-13-8-16-40-24/h2-7,9-12,14-15,17,24,31H,8,13,16,18-20H2,1H3,(H,34,38)/t24-,31-/m1/s1. The van der Waals surface area contributed by atoms with E-state index in [2.05, 4.69) is 30.4 Å². The third-order valence-electron chi connectivity index (χ3n) is 7.41. The van der Waals surface area contributed by atoms with E-state index < -0.39 is 0 Å². The SMILES string of the molecule is Cc1cccc([C@H]2SCC(=O)N(CC(=O)NC[C@H]3CCCO3)c3c2c(-c2ccccc2)nn3-c2ccccc2Cl)c1. The van der Waals surface area contributed by atoms with Gasteiger partial charge in [-0.3, -0.25) is 14.5 Å². The number of carbonyl (C=O) groups excluding carboxylic acids is 2. The van der Waals surface area contributed by atoms with E-state index in [-0.39, 0.29) is 35.5 Å². The van der Waals surface area contributed by atoms with Gasteiger partial charge < -0.3 is 10.1 Å². The van der Waals surface area contributed by atoms with Crippen molar-refractivity contribution in [3.05, 3.63) is 101 Å². The number of rotatable bonds is 7. The molecule has 0 unspecified atom stereocenters. The lowest BCUT2D eigenvalue weighted by atomic mass is 9.98. The monoisotopic (exact) mass is 586 g/mol. The minimum atomic E-state index is -0.244. The molecule has 2 atom stereocenters. The molecule has 0 radical (unpaired) electrons. The van der Waals surface area contributed by atoms with E-state index in [9.17, 15) is 9.59 Å². The van der Waals surface area contributed by atoms with Gasteiger partial charge in [0.05, 0.1) is 33.5 Å². The van der Waals surface area contributed by atoms with E-state index in [1.54, 1.807) is 27.4 Å². The highest BCUT2D eigenvalue weighted by Crippen LogP contribution is 2.49. The number of carbonyl (C=O) groups is 2. The van der Waals surface area contributed by atoms with Gasteiger partial charge in [0, 0.05) is 24.3 Å². The van der Waals surface area contributed by atoms with E-state index in [0.717, 1.165) is 40.8 Å². The average Bonchev–Trinajstić information content (AvgIpc) is 3.61. The Kier molecular flexibility index (Phi) is 8.14. The van der Waals surface area contributed by atoms with Gasteiger partial charge in [0.1, 0.15) is 12.4 Å². The first-order valence-electron chi connectivity index (χ1n) is 13.8. The van der Waals surface area contributed by atoms with Crippen LogP contribution in [-0.4, -0.2) is 53.1 Å². The number of ether oxygens (including phenoxy) is 1. The van der Waals surface area contributed by atoms with E-state index >= 15 is 0 Å². The summed E-state index contributed by atoms with van der Waals surface area (Å²) < 4.78 is 7.41. The van der Waals surface area contributed by atoms with Crippen LogP contribution in [0.4, 0.5) is 5.82 Å². The van der Waals surface area contributed by atoms with Crippen LogP contribution in [0, 0.1) is 6.92 Å². The number of amides is 2. The number of nitrogens with one attached hydrogen (secondary N) is 1. The Morgan fingerprint density at radius 3 is 2.66 bits per heavy atom. The van der Waals surface area contributed by atoms with Crippen molar-refractivity contribution in [1.82, 2.24) is 15.1 Å². The van der Waals surface area contributed by atoms with Crippen LogP contribution in [0.1, 0.15) is 34.8 Å². The van der Waals surface area contributed by atoms with Crippen LogP contribution < -0.4 is 10.2 Å². The summed E-state index contributed by atoms with van der Waals surface area (Å²) in [7, 11) is 0. The maximum Gasteiger partial charge on any atom is 0.240 e. The highest BCUT2D eigenvalue weighted by molar-refractivity contribution is 8.00. The normalized spacial score (nSPS) is 18.7. The molecule has 0 spiro atoms. The Balaban J connectivity index is 1.53. The Bertz CT molecular complexity index is 1570. The number of fused-ring (bicyclic) bond motifs is 1. The summed E-state index contributed by atoms with van der Waals surface area (Å²) in [5.41, 5.74) is 5.39.